The molecule has 4 N–H and O–H groups in total. The molecular weight excluding hydrogens is 652 g/mol. The van der Waals surface area contributed by atoms with E-state index in [9.17, 15) is 41.0 Å². The van der Waals surface area contributed by atoms with Gasteiger partial charge in [0.05, 0.1) is 16.9 Å². The SMILES string of the molecule is Cc1ccn(-c2cc(C(=O)OC(C)(C)C(F)(F)F)ccc2[C@@H](Oc2cc(N3CCC4(CC3)CN[C@H](C(=O)O)C4)nc(N)n2)C(F)(F)F)n1. The van der Waals surface area contributed by atoms with Gasteiger partial charge in [0.25, 0.3) is 0 Å². The maximum atomic E-state index is 14.7. The van der Waals surface area contributed by atoms with Crippen LogP contribution in [0.5, 0.6) is 5.88 Å². The smallest absolute Gasteiger partial charge is 0.429 e. The van der Waals surface area contributed by atoms with E-state index in [1.165, 1.54) is 18.3 Å². The molecule has 0 aliphatic carbocycles. The number of carbonyl (C=O) groups is 2. The second-order valence-electron chi connectivity index (χ2n) is 12.5. The molecule has 2 aliphatic heterocycles. The Balaban J connectivity index is 1.44. The van der Waals surface area contributed by atoms with Gasteiger partial charge in [-0.3, -0.25) is 4.79 Å². The van der Waals surface area contributed by atoms with Gasteiger partial charge < -0.3 is 30.5 Å². The number of nitrogens with zero attached hydrogens (tertiary/aromatic N) is 5. The van der Waals surface area contributed by atoms with Crippen LogP contribution in [0.1, 0.15) is 60.8 Å². The number of halogens is 6. The molecule has 2 fully saturated rings. The van der Waals surface area contributed by atoms with Gasteiger partial charge in [0.1, 0.15) is 11.9 Å². The second kappa shape index (κ2) is 12.4. The van der Waals surface area contributed by atoms with Gasteiger partial charge in [-0.05, 0) is 63.6 Å². The van der Waals surface area contributed by atoms with Crippen molar-refractivity contribution in [3.05, 3.63) is 53.3 Å². The standard InChI is InChI=1S/C30H33F6N7O5/c1-16-6-9-43(41-16)20-12-17(25(46)48-27(2,3)30(34,35)36)4-5-18(20)23(29(31,32)33)47-22-13-21(39-26(37)40-22)42-10-7-28(8-11-42)14-19(24(44)45)38-15-28/h4-6,9,12-13,19,23,38H,7-8,10-11,14-15H2,1-3H3,(H,44,45)(H2,37,39,40)/t19-,23+/m0/s1. The Labute approximate surface area is 270 Å². The summed E-state index contributed by atoms with van der Waals surface area (Å²) >= 11 is 0. The topological polar surface area (TPSA) is 158 Å². The van der Waals surface area contributed by atoms with E-state index in [0.717, 1.165) is 22.9 Å². The van der Waals surface area contributed by atoms with Crippen LogP contribution in [0, 0.1) is 12.3 Å². The van der Waals surface area contributed by atoms with Crippen molar-refractivity contribution < 1.29 is 50.5 Å². The van der Waals surface area contributed by atoms with E-state index >= 15 is 0 Å². The number of alkyl halides is 6. The molecule has 2 atom stereocenters. The number of carboxylic acid groups (broad SMARTS) is 1. The summed E-state index contributed by atoms with van der Waals surface area (Å²) in [6.07, 6.45) is -9.68. The van der Waals surface area contributed by atoms with E-state index in [4.69, 9.17) is 10.5 Å². The van der Waals surface area contributed by atoms with Crippen LogP contribution in [-0.4, -0.2) is 80.4 Å². The average molecular weight is 686 g/mol. The van der Waals surface area contributed by atoms with Crippen molar-refractivity contribution in [1.29, 1.82) is 0 Å². The number of nitrogens with one attached hydrogen (secondary N) is 1. The van der Waals surface area contributed by atoms with Crippen LogP contribution in [0.15, 0.2) is 36.5 Å². The third-order valence-electron chi connectivity index (χ3n) is 8.60. The fourth-order valence-corrected chi connectivity index (χ4v) is 5.75. The van der Waals surface area contributed by atoms with Crippen molar-refractivity contribution in [3.8, 4) is 11.6 Å². The van der Waals surface area contributed by atoms with Crippen LogP contribution in [-0.2, 0) is 9.53 Å². The van der Waals surface area contributed by atoms with Gasteiger partial charge in [-0.2, -0.15) is 41.4 Å². The lowest BCUT2D eigenvalue weighted by atomic mass is 9.76. The fraction of sp³-hybridized carbons (Fsp3) is 0.500. The number of carbonyl (C=O) groups excluding carboxylic acids is 1. The Morgan fingerprint density at radius 1 is 1.08 bits per heavy atom. The number of rotatable bonds is 8. The summed E-state index contributed by atoms with van der Waals surface area (Å²) in [5.41, 5.74) is 1.88. The van der Waals surface area contributed by atoms with Crippen LogP contribution in [0.2, 0.25) is 0 Å². The van der Waals surface area contributed by atoms with Gasteiger partial charge in [0.15, 0.2) is 0 Å². The highest BCUT2D eigenvalue weighted by Gasteiger charge is 2.51. The number of nitrogens with two attached hydrogens (primary N) is 1. The Morgan fingerprint density at radius 2 is 1.77 bits per heavy atom. The molecular formula is C30H33F6N7O5. The largest absolute Gasteiger partial charge is 0.480 e. The fourth-order valence-electron chi connectivity index (χ4n) is 5.75. The van der Waals surface area contributed by atoms with E-state index in [2.05, 4.69) is 25.1 Å². The summed E-state index contributed by atoms with van der Waals surface area (Å²) in [6.45, 7) is 4.25. The van der Waals surface area contributed by atoms with Crippen LogP contribution < -0.4 is 20.7 Å². The van der Waals surface area contributed by atoms with Gasteiger partial charge in [-0.1, -0.05) is 6.07 Å². The number of piperidine rings is 1. The molecule has 3 aromatic rings. The lowest BCUT2D eigenvalue weighted by molar-refractivity contribution is -0.244. The molecule has 18 heteroatoms. The number of carboxylic acids is 1. The Morgan fingerprint density at radius 3 is 2.33 bits per heavy atom. The van der Waals surface area contributed by atoms with Crippen molar-refractivity contribution in [3.63, 3.8) is 0 Å². The van der Waals surface area contributed by atoms with E-state index in [0.29, 0.717) is 58.4 Å². The third-order valence-corrected chi connectivity index (χ3v) is 8.60. The maximum absolute atomic E-state index is 14.7. The zero-order chi connectivity index (χ0) is 35.2. The van der Waals surface area contributed by atoms with Gasteiger partial charge in [0, 0.05) is 37.5 Å². The average Bonchev–Trinajstić information content (AvgIpc) is 3.61. The van der Waals surface area contributed by atoms with Crippen molar-refractivity contribution in [2.24, 2.45) is 5.41 Å². The minimum Gasteiger partial charge on any atom is -0.480 e. The number of esters is 1. The summed E-state index contributed by atoms with van der Waals surface area (Å²) in [6, 6.07) is 4.79. The number of anilines is 2. The predicted molar refractivity (Wildman–Crippen MR) is 158 cm³/mol. The van der Waals surface area contributed by atoms with Crippen molar-refractivity contribution in [2.75, 3.05) is 30.3 Å². The van der Waals surface area contributed by atoms with Crippen molar-refractivity contribution in [1.82, 2.24) is 25.1 Å². The molecule has 1 spiro atoms. The molecule has 2 aliphatic rings. The Hall–Kier alpha value is -4.61. The highest BCUT2D eigenvalue weighted by atomic mass is 19.4. The summed E-state index contributed by atoms with van der Waals surface area (Å²) < 4.78 is 95.4. The number of aliphatic carboxylic acids is 1. The highest BCUT2D eigenvalue weighted by Crippen LogP contribution is 2.42. The third kappa shape index (κ3) is 7.27. The number of ether oxygens (including phenoxy) is 2. The summed E-state index contributed by atoms with van der Waals surface area (Å²) in [4.78, 5) is 34.0. The molecule has 2 saturated heterocycles. The summed E-state index contributed by atoms with van der Waals surface area (Å²) in [5, 5.41) is 16.5. The molecule has 12 nitrogen and oxygen atoms in total. The number of aryl methyl sites for hydroxylation is 1. The van der Waals surface area contributed by atoms with Gasteiger partial charge in [0.2, 0.25) is 23.5 Å². The van der Waals surface area contributed by atoms with Crippen molar-refractivity contribution in [2.45, 2.75) is 70.1 Å². The molecule has 2 aromatic heterocycles. The minimum absolute atomic E-state index is 0.210. The first-order valence-corrected chi connectivity index (χ1v) is 14.8. The van der Waals surface area contributed by atoms with Crippen LogP contribution >= 0.6 is 0 Å². The highest BCUT2D eigenvalue weighted by molar-refractivity contribution is 5.90. The molecule has 5 rings (SSSR count). The summed E-state index contributed by atoms with van der Waals surface area (Å²) in [5.74, 6) is -2.99. The number of hydrogen-bond acceptors (Lipinski definition) is 10. The molecule has 0 saturated carbocycles. The van der Waals surface area contributed by atoms with Gasteiger partial charge >= 0.3 is 24.3 Å². The van der Waals surface area contributed by atoms with E-state index in [1.54, 1.807) is 11.8 Å². The number of nitrogen functional groups attached to an aromatic ring is 1. The molecule has 260 valence electrons. The number of aromatic nitrogens is 4. The molecule has 0 unspecified atom stereocenters. The molecule has 0 amide bonds. The quantitative estimate of drug-likeness (QED) is 0.222. The predicted octanol–water partition coefficient (Wildman–Crippen LogP) is 4.77. The van der Waals surface area contributed by atoms with Crippen LogP contribution in [0.4, 0.5) is 38.1 Å². The Bertz CT molecular complexity index is 1680. The first kappa shape index (κ1) is 34.7. The molecule has 1 aromatic carbocycles. The van der Waals surface area contributed by atoms with Crippen LogP contribution in [0.3, 0.4) is 0 Å². The lowest BCUT2D eigenvalue weighted by Crippen LogP contribution is -2.43. The first-order valence-electron chi connectivity index (χ1n) is 14.8. The molecule has 48 heavy (non-hydrogen) atoms. The zero-order valence-electron chi connectivity index (χ0n) is 26.0. The molecule has 0 bridgehead atoms. The van der Waals surface area contributed by atoms with Crippen LogP contribution in [0.25, 0.3) is 5.69 Å². The Kier molecular flexibility index (Phi) is 9.00. The van der Waals surface area contributed by atoms with Crippen molar-refractivity contribution >= 4 is 23.7 Å². The van der Waals surface area contributed by atoms with Gasteiger partial charge in [-0.15, -0.1) is 0 Å². The zero-order valence-corrected chi connectivity index (χ0v) is 26.0. The number of benzene rings is 1. The van der Waals surface area contributed by atoms with E-state index < -0.39 is 59.0 Å². The summed E-state index contributed by atoms with van der Waals surface area (Å²) in [7, 11) is 0. The lowest BCUT2D eigenvalue weighted by Gasteiger charge is -2.39. The second-order valence-corrected chi connectivity index (χ2v) is 12.5. The van der Waals surface area contributed by atoms with E-state index in [1.807, 2.05) is 0 Å². The molecule has 4 heterocycles. The van der Waals surface area contributed by atoms with E-state index in [-0.39, 0.29) is 22.9 Å². The normalized spacial score (nSPS) is 18.9. The number of hydrogen-bond donors (Lipinski definition) is 3. The maximum Gasteiger partial charge on any atom is 0.429 e. The monoisotopic (exact) mass is 685 g/mol. The minimum atomic E-state index is -5.06. The molecule has 0 radical (unpaired) electrons. The van der Waals surface area contributed by atoms with Gasteiger partial charge in [-0.25, -0.2) is 9.48 Å². The first-order chi connectivity index (χ1) is 22.3.